The zero-order valence-corrected chi connectivity index (χ0v) is 19.8. The molecule has 2 aromatic carbocycles. The number of hydrogen-bond acceptors (Lipinski definition) is 11. The molecule has 37 heavy (non-hydrogen) atoms. The number of amides is 1. The maximum absolute atomic E-state index is 13.3. The van der Waals surface area contributed by atoms with Crippen LogP contribution in [0.5, 0.6) is 0 Å². The zero-order chi connectivity index (χ0) is 25.8. The number of hydrogen-bond donors (Lipinski definition) is 0. The normalized spacial score (nSPS) is 13.4. The number of aromatic nitrogens is 3. The smallest absolute Gasteiger partial charge is 0.348 e. The van der Waals surface area contributed by atoms with Crippen molar-refractivity contribution in [3.63, 3.8) is 0 Å². The van der Waals surface area contributed by atoms with Gasteiger partial charge in [-0.3, -0.25) is 25.0 Å². The van der Waals surface area contributed by atoms with Crippen molar-refractivity contribution >= 4 is 60.8 Å². The fourth-order valence-electron chi connectivity index (χ4n) is 3.93. The summed E-state index contributed by atoms with van der Waals surface area (Å²) < 4.78 is 7.73. The van der Waals surface area contributed by atoms with Crippen LogP contribution in [-0.4, -0.2) is 41.1 Å². The van der Waals surface area contributed by atoms with Crippen LogP contribution in [0.25, 0.3) is 37.9 Å². The number of nitrogens with zero attached hydrogens (tertiary/aromatic N) is 6. The Kier molecular flexibility index (Phi) is 5.16. The number of nitro benzene ring substituents is 2. The summed E-state index contributed by atoms with van der Waals surface area (Å²) in [4.78, 5) is 50.7. The van der Waals surface area contributed by atoms with Gasteiger partial charge in [0, 0.05) is 35.4 Å². The summed E-state index contributed by atoms with van der Waals surface area (Å²) in [6, 6.07) is 11.3. The molecule has 0 aliphatic carbocycles. The lowest BCUT2D eigenvalue weighted by atomic mass is 10.0. The Hall–Kier alpha value is -4.76. The molecule has 6 rings (SSSR count). The average Bonchev–Trinajstić information content (AvgIpc) is 3.59. The molecular weight excluding hydrogens is 524 g/mol. The van der Waals surface area contributed by atoms with Crippen LogP contribution in [0.15, 0.2) is 62.7 Å². The number of fused-ring (bicyclic) bond motifs is 3. The van der Waals surface area contributed by atoms with E-state index in [4.69, 9.17) is 4.42 Å². The molecule has 0 N–H and O–H groups in total. The SMILES string of the molecule is O=C1CSC(c2c(-c3ccc([N+](=O)[O-])cc3)c3sc4nnc(-c5ccc([N+](=O)[O-])cc5)n4c3oc2=O)=N1. The molecule has 182 valence electrons. The van der Waals surface area contributed by atoms with Crippen LogP contribution in [-0.2, 0) is 4.79 Å². The first kappa shape index (κ1) is 22.7. The molecule has 0 radical (unpaired) electrons. The second-order valence-electron chi connectivity index (χ2n) is 7.72. The highest BCUT2D eigenvalue weighted by atomic mass is 32.2. The van der Waals surface area contributed by atoms with Gasteiger partial charge in [-0.2, -0.15) is 0 Å². The fourth-order valence-corrected chi connectivity index (χ4v) is 5.82. The van der Waals surface area contributed by atoms with E-state index in [0.29, 0.717) is 32.2 Å². The summed E-state index contributed by atoms with van der Waals surface area (Å²) in [6.45, 7) is 0. The second-order valence-corrected chi connectivity index (χ2v) is 9.67. The summed E-state index contributed by atoms with van der Waals surface area (Å²) in [7, 11) is 0. The molecule has 0 saturated heterocycles. The largest absolute Gasteiger partial charge is 0.404 e. The topological polar surface area (TPSA) is 176 Å². The van der Waals surface area contributed by atoms with Crippen LogP contribution in [0.4, 0.5) is 11.4 Å². The van der Waals surface area contributed by atoms with E-state index in [1.54, 1.807) is 0 Å². The third kappa shape index (κ3) is 3.68. The predicted molar refractivity (Wildman–Crippen MR) is 135 cm³/mol. The molecule has 5 aromatic rings. The van der Waals surface area contributed by atoms with Crippen molar-refractivity contribution < 1.29 is 19.1 Å². The summed E-state index contributed by atoms with van der Waals surface area (Å²) in [6.07, 6.45) is 0. The van der Waals surface area contributed by atoms with Crippen LogP contribution in [0.2, 0.25) is 0 Å². The van der Waals surface area contributed by atoms with Gasteiger partial charge in [0.2, 0.25) is 10.7 Å². The number of aliphatic imine (C=N–C) groups is 1. The molecule has 1 aliphatic heterocycles. The Labute approximate surface area is 212 Å². The Morgan fingerprint density at radius 3 is 2.05 bits per heavy atom. The lowest BCUT2D eigenvalue weighted by molar-refractivity contribution is -0.385. The third-order valence-corrected chi connectivity index (χ3v) is 7.56. The average molecular weight is 534 g/mol. The lowest BCUT2D eigenvalue weighted by Crippen LogP contribution is -2.14. The van der Waals surface area contributed by atoms with Gasteiger partial charge < -0.3 is 4.42 Å². The first-order valence-electron chi connectivity index (χ1n) is 10.4. The molecule has 3 aromatic heterocycles. The van der Waals surface area contributed by atoms with Crippen molar-refractivity contribution in [1.82, 2.24) is 14.6 Å². The van der Waals surface area contributed by atoms with Gasteiger partial charge in [-0.1, -0.05) is 23.1 Å². The first-order valence-corrected chi connectivity index (χ1v) is 12.2. The number of nitro groups is 2. The highest BCUT2D eigenvalue weighted by molar-refractivity contribution is 8.15. The molecule has 15 heteroatoms. The van der Waals surface area contributed by atoms with Crippen molar-refractivity contribution in [2.75, 3.05) is 5.75 Å². The van der Waals surface area contributed by atoms with Gasteiger partial charge in [0.1, 0.15) is 15.3 Å². The van der Waals surface area contributed by atoms with E-state index >= 15 is 0 Å². The number of carbonyl (C=O) groups excluding carboxylic acids is 1. The van der Waals surface area contributed by atoms with Gasteiger partial charge in [0.25, 0.3) is 17.3 Å². The van der Waals surface area contributed by atoms with Crippen LogP contribution in [0.1, 0.15) is 5.56 Å². The maximum atomic E-state index is 13.3. The van der Waals surface area contributed by atoms with Crippen LogP contribution >= 0.6 is 23.1 Å². The van der Waals surface area contributed by atoms with E-state index in [1.165, 1.54) is 64.3 Å². The van der Waals surface area contributed by atoms with Crippen molar-refractivity contribution in [2.45, 2.75) is 0 Å². The zero-order valence-electron chi connectivity index (χ0n) is 18.2. The van der Waals surface area contributed by atoms with E-state index in [1.807, 2.05) is 0 Å². The van der Waals surface area contributed by atoms with Gasteiger partial charge in [-0.05, 0) is 29.8 Å². The monoisotopic (exact) mass is 534 g/mol. The van der Waals surface area contributed by atoms with Crippen LogP contribution < -0.4 is 5.63 Å². The molecule has 0 unspecified atom stereocenters. The molecule has 0 spiro atoms. The molecule has 1 amide bonds. The molecular formula is C22H10N6O7S2. The highest BCUT2D eigenvalue weighted by Gasteiger charge is 2.29. The minimum atomic E-state index is -0.759. The van der Waals surface area contributed by atoms with Crippen molar-refractivity contribution in [2.24, 2.45) is 4.99 Å². The summed E-state index contributed by atoms with van der Waals surface area (Å²) in [5, 5.41) is 30.8. The van der Waals surface area contributed by atoms with Gasteiger partial charge in [-0.25, -0.2) is 14.2 Å². The molecule has 0 bridgehead atoms. The number of thiazole rings is 1. The summed E-state index contributed by atoms with van der Waals surface area (Å²) >= 11 is 2.27. The molecule has 0 atom stereocenters. The number of benzene rings is 2. The second kappa shape index (κ2) is 8.42. The van der Waals surface area contributed by atoms with Crippen LogP contribution in [0, 0.1) is 20.2 Å². The number of rotatable bonds is 5. The van der Waals surface area contributed by atoms with E-state index in [-0.39, 0.29) is 39.4 Å². The third-order valence-electron chi connectivity index (χ3n) is 5.57. The Balaban J connectivity index is 1.64. The molecule has 0 saturated carbocycles. The van der Waals surface area contributed by atoms with E-state index < -0.39 is 15.5 Å². The Morgan fingerprint density at radius 1 is 0.865 bits per heavy atom. The lowest BCUT2D eigenvalue weighted by Gasteiger charge is -2.09. The van der Waals surface area contributed by atoms with Crippen molar-refractivity contribution in [3.05, 3.63) is 84.7 Å². The number of carbonyl (C=O) groups is 1. The standard InChI is InChI=1S/C22H10N6O7S2/c29-14-9-36-19(23-14)16-15(10-1-5-12(6-2-10)27(31)32)17-20(35-21(16)30)26-18(24-25-22(26)37-17)11-3-7-13(8-4-11)28(33)34/h1-8H,9H2. The fraction of sp³-hybridized carbons (Fsp3) is 0.0455. The van der Waals surface area contributed by atoms with E-state index in [2.05, 4.69) is 15.2 Å². The molecule has 4 heterocycles. The summed E-state index contributed by atoms with van der Waals surface area (Å²) in [5.41, 5.74) is 0.593. The minimum Gasteiger partial charge on any atom is -0.404 e. The molecule has 13 nitrogen and oxygen atoms in total. The van der Waals surface area contributed by atoms with Crippen LogP contribution in [0.3, 0.4) is 0 Å². The minimum absolute atomic E-state index is 0.0755. The van der Waals surface area contributed by atoms with E-state index in [0.717, 1.165) is 11.8 Å². The maximum Gasteiger partial charge on any atom is 0.348 e. The summed E-state index contributed by atoms with van der Waals surface area (Å²) in [5.74, 6) is -0.0154. The van der Waals surface area contributed by atoms with Crippen molar-refractivity contribution in [3.8, 4) is 22.5 Å². The number of thioether (sulfide) groups is 1. The molecule has 0 fully saturated rings. The van der Waals surface area contributed by atoms with Gasteiger partial charge in [0.05, 0.1) is 15.6 Å². The highest BCUT2D eigenvalue weighted by Crippen LogP contribution is 2.40. The quantitative estimate of drug-likeness (QED) is 0.236. The Bertz CT molecular complexity index is 1870. The molecule has 1 aliphatic rings. The predicted octanol–water partition coefficient (Wildman–Crippen LogP) is 4.07. The van der Waals surface area contributed by atoms with Gasteiger partial charge >= 0.3 is 5.63 Å². The number of non-ortho nitro benzene ring substituents is 2. The first-order chi connectivity index (χ1) is 17.8. The Morgan fingerprint density at radius 2 is 1.49 bits per heavy atom. The van der Waals surface area contributed by atoms with Crippen molar-refractivity contribution in [1.29, 1.82) is 0 Å². The van der Waals surface area contributed by atoms with E-state index in [9.17, 15) is 29.8 Å². The van der Waals surface area contributed by atoms with Gasteiger partial charge in [0.15, 0.2) is 5.82 Å². The van der Waals surface area contributed by atoms with Gasteiger partial charge in [-0.15, -0.1) is 10.2 Å².